The average Bonchev–Trinajstić information content (AvgIpc) is 2.41. The van der Waals surface area contributed by atoms with Crippen molar-refractivity contribution in [3.8, 4) is 0 Å². The lowest BCUT2D eigenvalue weighted by molar-refractivity contribution is 0.260. The van der Waals surface area contributed by atoms with Crippen LogP contribution in [0.3, 0.4) is 0 Å². The first-order chi connectivity index (χ1) is 9.87. The number of hydrogen-bond donors (Lipinski definition) is 2. The van der Waals surface area contributed by atoms with Gasteiger partial charge >= 0.3 is 6.03 Å². The monoisotopic (exact) mass is 323 g/mol. The Morgan fingerprint density at radius 3 is 2.29 bits per heavy atom. The second-order valence-corrected chi connectivity index (χ2v) is 6.64. The number of halogens is 1. The van der Waals surface area contributed by atoms with E-state index in [2.05, 4.69) is 9.68 Å². The molecule has 0 radical (unpaired) electrons. The van der Waals surface area contributed by atoms with Crippen LogP contribution in [0, 0.1) is 6.92 Å². The lowest BCUT2D eigenvalue weighted by Gasteiger charge is -2.05. The van der Waals surface area contributed by atoms with Crippen LogP contribution < -0.4 is 10.5 Å². The van der Waals surface area contributed by atoms with Crippen molar-refractivity contribution in [2.45, 2.75) is 11.8 Å². The van der Waals surface area contributed by atoms with Gasteiger partial charge in [-0.1, -0.05) is 29.3 Å². The average molecular weight is 324 g/mol. The summed E-state index contributed by atoms with van der Waals surface area (Å²) in [5.74, 6) is 0. The lowest BCUT2D eigenvalue weighted by Crippen LogP contribution is -2.17. The van der Waals surface area contributed by atoms with Crippen LogP contribution >= 0.6 is 11.6 Å². The first kappa shape index (κ1) is 15.5. The van der Waals surface area contributed by atoms with Gasteiger partial charge in [0.05, 0.1) is 4.90 Å². The number of anilines is 1. The van der Waals surface area contributed by atoms with E-state index >= 15 is 0 Å². The van der Waals surface area contributed by atoms with Gasteiger partial charge in [0.1, 0.15) is 9.92 Å². The van der Waals surface area contributed by atoms with E-state index in [1.165, 1.54) is 0 Å². The highest BCUT2D eigenvalue weighted by Crippen LogP contribution is 2.15. The van der Waals surface area contributed by atoms with Crippen molar-refractivity contribution in [1.29, 1.82) is 0 Å². The molecule has 0 aliphatic rings. The van der Waals surface area contributed by atoms with Crippen LogP contribution in [0.2, 0.25) is 5.02 Å². The highest BCUT2D eigenvalue weighted by molar-refractivity contribution is 7.91. The molecule has 0 spiro atoms. The summed E-state index contributed by atoms with van der Waals surface area (Å²) in [6.45, 7) is 1.90. The minimum absolute atomic E-state index is 0.305. The van der Waals surface area contributed by atoms with Gasteiger partial charge in [-0.15, -0.1) is 4.36 Å². The number of amides is 2. The number of urea groups is 1. The maximum Gasteiger partial charge on any atom is 0.354 e. The van der Waals surface area contributed by atoms with Crippen molar-refractivity contribution < 1.29 is 9.00 Å². The molecule has 2 amide bonds. The molecule has 2 rings (SSSR count). The molecule has 5 nitrogen and oxygen atoms in total. The van der Waals surface area contributed by atoms with E-state index in [0.29, 0.717) is 15.6 Å². The third-order valence-electron chi connectivity index (χ3n) is 2.67. The zero-order valence-corrected chi connectivity index (χ0v) is 12.8. The Morgan fingerprint density at radius 1 is 1.14 bits per heavy atom. The molecule has 0 aliphatic heterocycles. The highest BCUT2D eigenvalue weighted by atomic mass is 35.5. The summed E-state index contributed by atoms with van der Waals surface area (Å²) in [6, 6.07) is 12.4. The van der Waals surface area contributed by atoms with E-state index in [-0.39, 0.29) is 0 Å². The molecular formula is C14H14ClN3O2S. The van der Waals surface area contributed by atoms with Gasteiger partial charge < -0.3 is 5.32 Å². The number of hydrogen-bond acceptors (Lipinski definition) is 2. The van der Waals surface area contributed by atoms with Crippen molar-refractivity contribution in [3.63, 3.8) is 0 Å². The Morgan fingerprint density at radius 2 is 1.71 bits per heavy atom. The van der Waals surface area contributed by atoms with Gasteiger partial charge in [0.2, 0.25) is 0 Å². The van der Waals surface area contributed by atoms with Crippen molar-refractivity contribution >= 4 is 33.2 Å². The molecule has 3 N–H and O–H groups in total. The zero-order valence-electron chi connectivity index (χ0n) is 11.2. The number of carbonyl (C=O) groups excluding carboxylic acids is 1. The summed E-state index contributed by atoms with van der Waals surface area (Å²) in [5.41, 5.74) is 1.49. The van der Waals surface area contributed by atoms with E-state index in [1.807, 2.05) is 6.92 Å². The first-order valence-corrected chi connectivity index (χ1v) is 8.00. The van der Waals surface area contributed by atoms with Gasteiger partial charge in [-0.2, -0.15) is 0 Å². The van der Waals surface area contributed by atoms with Gasteiger partial charge in [0, 0.05) is 10.7 Å². The highest BCUT2D eigenvalue weighted by Gasteiger charge is 2.10. The molecule has 1 atom stereocenters. The molecule has 0 aliphatic carbocycles. The second kappa shape index (κ2) is 6.26. The smallest absolute Gasteiger partial charge is 0.306 e. The number of aryl methyl sites for hydroxylation is 1. The van der Waals surface area contributed by atoms with Crippen LogP contribution in [0.15, 0.2) is 57.8 Å². The number of nitrogens with zero attached hydrogens (tertiary/aromatic N) is 1. The summed E-state index contributed by atoms with van der Waals surface area (Å²) < 4.78 is 15.8. The molecule has 2 aromatic carbocycles. The minimum Gasteiger partial charge on any atom is -0.306 e. The maximum atomic E-state index is 12.3. The Balaban J connectivity index is 2.21. The maximum absolute atomic E-state index is 12.3. The molecule has 0 saturated heterocycles. The Kier molecular flexibility index (Phi) is 4.62. The van der Waals surface area contributed by atoms with Gasteiger partial charge in [-0.25, -0.2) is 14.1 Å². The fourth-order valence-electron chi connectivity index (χ4n) is 1.59. The number of rotatable bonds is 2. The fraction of sp³-hybridized carbons (Fsp3) is 0.0714. The largest absolute Gasteiger partial charge is 0.354 e. The predicted molar refractivity (Wildman–Crippen MR) is 84.7 cm³/mol. The quantitative estimate of drug-likeness (QED) is 0.885. The second-order valence-electron chi connectivity index (χ2n) is 4.41. The number of benzene rings is 2. The Bertz CT molecular complexity index is 764. The van der Waals surface area contributed by atoms with Gasteiger partial charge in [0.25, 0.3) is 0 Å². The number of nitrogens with one attached hydrogen (secondary N) is 1. The van der Waals surface area contributed by atoms with Crippen LogP contribution in [0.5, 0.6) is 0 Å². The van der Waals surface area contributed by atoms with Gasteiger partial charge in [-0.3, -0.25) is 0 Å². The summed E-state index contributed by atoms with van der Waals surface area (Å²) >= 11 is 5.75. The van der Waals surface area contributed by atoms with Crippen LogP contribution in [0.25, 0.3) is 0 Å². The van der Waals surface area contributed by atoms with Gasteiger partial charge in [-0.05, 0) is 43.3 Å². The number of carbonyl (C=O) groups is 1. The standard InChI is InChI=1S/C14H14ClN3O2S/c1-10-2-8-13(9-3-10)21(16,20)18-14(19)17-12-6-4-11(15)5-7-12/h2-9H,1H3,(H3,16,17,18,19,20). The summed E-state index contributed by atoms with van der Waals surface area (Å²) in [7, 11) is -3.27. The third-order valence-corrected chi connectivity index (χ3v) is 4.31. The van der Waals surface area contributed by atoms with E-state index in [4.69, 9.17) is 16.7 Å². The van der Waals surface area contributed by atoms with E-state index in [9.17, 15) is 9.00 Å². The zero-order chi connectivity index (χ0) is 15.5. The van der Waals surface area contributed by atoms with Crippen molar-refractivity contribution in [2.24, 2.45) is 9.50 Å². The summed E-state index contributed by atoms with van der Waals surface area (Å²) in [5, 5.41) is 8.68. The Hall–Kier alpha value is -1.89. The molecule has 1 unspecified atom stereocenters. The van der Waals surface area contributed by atoms with E-state index < -0.39 is 15.9 Å². The number of nitrogens with two attached hydrogens (primary N) is 1. The molecule has 0 fully saturated rings. The molecule has 21 heavy (non-hydrogen) atoms. The van der Waals surface area contributed by atoms with Crippen molar-refractivity contribution in [3.05, 3.63) is 59.1 Å². The third kappa shape index (κ3) is 4.29. The molecular weight excluding hydrogens is 310 g/mol. The molecule has 2 aromatic rings. The van der Waals surface area contributed by atoms with Crippen LogP contribution in [0.1, 0.15) is 5.56 Å². The van der Waals surface area contributed by atoms with E-state index in [0.717, 1.165) is 5.56 Å². The molecule has 0 aromatic heterocycles. The minimum atomic E-state index is -3.27. The summed E-state index contributed by atoms with van der Waals surface area (Å²) in [4.78, 5) is 12.1. The SMILES string of the molecule is Cc1ccc(S(N)(=O)=NC(=O)Nc2ccc(Cl)cc2)cc1. The molecule has 0 bridgehead atoms. The lowest BCUT2D eigenvalue weighted by atomic mass is 10.2. The molecule has 7 heteroatoms. The normalized spacial score (nSPS) is 13.3. The van der Waals surface area contributed by atoms with E-state index in [1.54, 1.807) is 48.5 Å². The van der Waals surface area contributed by atoms with Crippen molar-refractivity contribution in [1.82, 2.24) is 0 Å². The first-order valence-electron chi connectivity index (χ1n) is 6.05. The van der Waals surface area contributed by atoms with Crippen LogP contribution in [-0.4, -0.2) is 10.2 Å². The predicted octanol–water partition coefficient (Wildman–Crippen LogP) is 3.58. The summed E-state index contributed by atoms with van der Waals surface area (Å²) in [6.07, 6.45) is 0. The van der Waals surface area contributed by atoms with Crippen molar-refractivity contribution in [2.75, 3.05) is 5.32 Å². The fourth-order valence-corrected chi connectivity index (χ4v) is 2.64. The van der Waals surface area contributed by atoms with Crippen LogP contribution in [0.4, 0.5) is 10.5 Å². The Labute approximate surface area is 128 Å². The molecule has 110 valence electrons. The van der Waals surface area contributed by atoms with Crippen LogP contribution in [-0.2, 0) is 9.92 Å². The van der Waals surface area contributed by atoms with Gasteiger partial charge in [0.15, 0.2) is 0 Å². The topological polar surface area (TPSA) is 84.6 Å². The molecule has 0 saturated carbocycles. The molecule has 0 heterocycles.